The third kappa shape index (κ3) is 3.29. The number of thioether (sulfide) groups is 1. The van der Waals surface area contributed by atoms with Crippen molar-refractivity contribution in [2.75, 3.05) is 13.1 Å². The molecule has 1 saturated heterocycles. The van der Waals surface area contributed by atoms with Crippen LogP contribution in [0.4, 0.5) is 0 Å². The van der Waals surface area contributed by atoms with Gasteiger partial charge in [-0.3, -0.25) is 4.79 Å². The second-order valence-corrected chi connectivity index (χ2v) is 7.69. The first-order chi connectivity index (χ1) is 10.5. The Bertz CT molecular complexity index is 626. The third-order valence-corrected chi connectivity index (χ3v) is 5.01. The first-order valence-corrected chi connectivity index (χ1v) is 8.72. The predicted molar refractivity (Wildman–Crippen MR) is 88.9 cm³/mol. The van der Waals surface area contributed by atoms with Gasteiger partial charge in [-0.15, -0.1) is 0 Å². The van der Waals surface area contributed by atoms with Crippen LogP contribution in [-0.4, -0.2) is 34.1 Å². The number of carbonyl (C=O) groups excluding carboxylic acids is 1. The molecule has 0 unspecified atom stereocenters. The van der Waals surface area contributed by atoms with Gasteiger partial charge in [-0.05, 0) is 37.3 Å². The highest BCUT2D eigenvalue weighted by Crippen LogP contribution is 2.29. The number of nitrogens with zero attached hydrogens (tertiary/aromatic N) is 2. The van der Waals surface area contributed by atoms with Gasteiger partial charge in [0.15, 0.2) is 5.58 Å². The molecular formula is C17H22N2O2S. The fourth-order valence-corrected chi connectivity index (χ4v) is 4.04. The number of aromatic nitrogens is 1. The van der Waals surface area contributed by atoms with E-state index in [0.29, 0.717) is 17.1 Å². The molecule has 1 aromatic carbocycles. The summed E-state index contributed by atoms with van der Waals surface area (Å²) in [4.78, 5) is 19.1. The van der Waals surface area contributed by atoms with Crippen molar-refractivity contribution < 1.29 is 9.21 Å². The number of carbonyl (C=O) groups is 1. The summed E-state index contributed by atoms with van der Waals surface area (Å²) in [6.45, 7) is 8.10. The summed E-state index contributed by atoms with van der Waals surface area (Å²) in [7, 11) is 0. The van der Waals surface area contributed by atoms with E-state index in [1.54, 1.807) is 0 Å². The van der Waals surface area contributed by atoms with Gasteiger partial charge in [-0.2, -0.15) is 0 Å². The number of fused-ring (bicyclic) bond motifs is 1. The molecule has 1 fully saturated rings. The molecule has 1 aliphatic heterocycles. The van der Waals surface area contributed by atoms with Crippen molar-refractivity contribution in [2.45, 2.75) is 37.7 Å². The van der Waals surface area contributed by atoms with Gasteiger partial charge in [0.1, 0.15) is 5.52 Å². The smallest absolute Gasteiger partial charge is 0.257 e. The maximum Gasteiger partial charge on any atom is 0.257 e. The number of hydrogen-bond donors (Lipinski definition) is 0. The van der Waals surface area contributed by atoms with Gasteiger partial charge >= 0.3 is 0 Å². The summed E-state index contributed by atoms with van der Waals surface area (Å²) in [5, 5.41) is 0.394. The molecule has 0 saturated carbocycles. The number of amides is 1. The molecule has 0 N–H and O–H groups in total. The summed E-state index contributed by atoms with van der Waals surface area (Å²) < 4.78 is 5.70. The first kappa shape index (κ1) is 15.4. The fourth-order valence-electron chi connectivity index (χ4n) is 3.20. The van der Waals surface area contributed by atoms with Crippen LogP contribution in [-0.2, 0) is 4.79 Å². The minimum absolute atomic E-state index is 0.175. The largest absolute Gasteiger partial charge is 0.431 e. The Morgan fingerprint density at radius 2 is 2.00 bits per heavy atom. The topological polar surface area (TPSA) is 46.3 Å². The van der Waals surface area contributed by atoms with Crippen molar-refractivity contribution in [3.63, 3.8) is 0 Å². The molecule has 22 heavy (non-hydrogen) atoms. The molecule has 3 rings (SSSR count). The van der Waals surface area contributed by atoms with E-state index in [1.165, 1.54) is 18.2 Å². The van der Waals surface area contributed by atoms with E-state index in [1.807, 2.05) is 36.1 Å². The number of rotatable bonds is 3. The lowest BCUT2D eigenvalue weighted by Crippen LogP contribution is -2.45. The average Bonchev–Trinajstić information content (AvgIpc) is 2.87. The first-order valence-electron chi connectivity index (χ1n) is 7.84. The molecule has 1 aromatic heterocycles. The van der Waals surface area contributed by atoms with Crippen molar-refractivity contribution in [1.82, 2.24) is 9.88 Å². The van der Waals surface area contributed by atoms with Gasteiger partial charge < -0.3 is 9.32 Å². The lowest BCUT2D eigenvalue weighted by molar-refractivity contribution is -0.132. The van der Waals surface area contributed by atoms with E-state index >= 15 is 0 Å². The van der Waals surface area contributed by atoms with Crippen LogP contribution in [0.15, 0.2) is 33.9 Å². The van der Waals surface area contributed by atoms with Crippen LogP contribution in [0.3, 0.4) is 0 Å². The molecule has 4 nitrogen and oxygen atoms in total. The molecule has 0 bridgehead atoms. The monoisotopic (exact) mass is 318 g/mol. The Kier molecular flexibility index (Phi) is 4.43. The predicted octanol–water partition coefficient (Wildman–Crippen LogP) is 3.81. The van der Waals surface area contributed by atoms with Gasteiger partial charge in [-0.25, -0.2) is 4.98 Å². The Balaban J connectivity index is 1.68. The lowest BCUT2D eigenvalue weighted by Gasteiger charge is -2.36. The maximum absolute atomic E-state index is 12.6. The Morgan fingerprint density at radius 3 is 2.68 bits per heavy atom. The lowest BCUT2D eigenvalue weighted by atomic mass is 9.92. The number of likely N-dealkylation sites (tertiary alicyclic amines) is 1. The van der Waals surface area contributed by atoms with Crippen LogP contribution in [0.2, 0.25) is 0 Å². The van der Waals surface area contributed by atoms with E-state index in [4.69, 9.17) is 4.42 Å². The number of piperidine rings is 1. The van der Waals surface area contributed by atoms with Crippen LogP contribution >= 0.6 is 11.8 Å². The van der Waals surface area contributed by atoms with E-state index in [9.17, 15) is 4.79 Å². The highest BCUT2D eigenvalue weighted by atomic mass is 32.2. The second-order valence-electron chi connectivity index (χ2n) is 6.40. The molecule has 1 aliphatic rings. The van der Waals surface area contributed by atoms with Crippen LogP contribution in [0, 0.1) is 11.8 Å². The van der Waals surface area contributed by atoms with Crippen LogP contribution in [0.5, 0.6) is 0 Å². The van der Waals surface area contributed by atoms with Gasteiger partial charge in [0.25, 0.3) is 5.22 Å². The normalized spacial score (nSPS) is 23.7. The Morgan fingerprint density at radius 1 is 1.32 bits per heavy atom. The van der Waals surface area contributed by atoms with Crippen molar-refractivity contribution in [3.05, 3.63) is 24.3 Å². The zero-order valence-corrected chi connectivity index (χ0v) is 14.1. The van der Waals surface area contributed by atoms with Crippen molar-refractivity contribution in [3.8, 4) is 0 Å². The van der Waals surface area contributed by atoms with E-state index in [0.717, 1.165) is 24.2 Å². The van der Waals surface area contributed by atoms with Crippen molar-refractivity contribution in [2.24, 2.45) is 11.8 Å². The second kappa shape index (κ2) is 6.32. The number of hydrogen-bond acceptors (Lipinski definition) is 4. The summed E-state index contributed by atoms with van der Waals surface area (Å²) >= 11 is 1.40. The van der Waals surface area contributed by atoms with Gasteiger partial charge in [-0.1, -0.05) is 37.7 Å². The molecule has 2 heterocycles. The van der Waals surface area contributed by atoms with Crippen LogP contribution in [0.1, 0.15) is 27.2 Å². The van der Waals surface area contributed by atoms with E-state index in [2.05, 4.69) is 18.8 Å². The molecule has 0 aliphatic carbocycles. The zero-order valence-electron chi connectivity index (χ0n) is 13.3. The molecule has 0 radical (unpaired) electrons. The van der Waals surface area contributed by atoms with Gasteiger partial charge in [0.2, 0.25) is 5.91 Å². The zero-order chi connectivity index (χ0) is 15.7. The van der Waals surface area contributed by atoms with E-state index in [-0.39, 0.29) is 11.2 Å². The van der Waals surface area contributed by atoms with Crippen LogP contribution < -0.4 is 0 Å². The van der Waals surface area contributed by atoms with Crippen molar-refractivity contribution in [1.29, 1.82) is 0 Å². The standard InChI is InChI=1S/C17H22N2O2S/c1-11-8-12(2)10-19(9-11)16(20)13(3)22-17-18-14-6-4-5-7-15(14)21-17/h4-7,11-13H,8-10H2,1-3H3/t11-,12+,13-/m1/s1. The molecule has 1 amide bonds. The summed E-state index contributed by atoms with van der Waals surface area (Å²) in [5.41, 5.74) is 1.61. The summed E-state index contributed by atoms with van der Waals surface area (Å²) in [6.07, 6.45) is 1.20. The quantitative estimate of drug-likeness (QED) is 0.807. The Labute approximate surface area is 135 Å². The molecule has 0 spiro atoms. The SMILES string of the molecule is C[C@@H]1C[C@H](C)CN(C(=O)[C@@H](C)Sc2nc3ccccc3o2)C1. The summed E-state index contributed by atoms with van der Waals surface area (Å²) in [6, 6.07) is 7.67. The number of oxazole rings is 1. The summed E-state index contributed by atoms with van der Waals surface area (Å²) in [5.74, 6) is 1.34. The molecule has 118 valence electrons. The molecule has 2 aromatic rings. The highest BCUT2D eigenvalue weighted by molar-refractivity contribution is 8.00. The maximum atomic E-state index is 12.6. The highest BCUT2D eigenvalue weighted by Gasteiger charge is 2.29. The number of para-hydroxylation sites is 2. The molecule has 5 heteroatoms. The average molecular weight is 318 g/mol. The van der Waals surface area contributed by atoms with Gasteiger partial charge in [0.05, 0.1) is 5.25 Å². The molecule has 3 atom stereocenters. The number of benzene rings is 1. The van der Waals surface area contributed by atoms with Crippen LogP contribution in [0.25, 0.3) is 11.1 Å². The minimum atomic E-state index is -0.175. The van der Waals surface area contributed by atoms with Gasteiger partial charge in [0, 0.05) is 13.1 Å². The fraction of sp³-hybridized carbons (Fsp3) is 0.529. The third-order valence-electron chi connectivity index (χ3n) is 4.08. The van der Waals surface area contributed by atoms with Crippen molar-refractivity contribution >= 4 is 28.8 Å². The Hall–Kier alpha value is -1.49. The minimum Gasteiger partial charge on any atom is -0.431 e. The van der Waals surface area contributed by atoms with E-state index < -0.39 is 0 Å². The molecular weight excluding hydrogens is 296 g/mol.